The van der Waals surface area contributed by atoms with Crippen LogP contribution in [0.25, 0.3) is 5.69 Å². The average molecular weight is 386 g/mol. The Morgan fingerprint density at radius 2 is 2.00 bits per heavy atom. The molecule has 1 N–H and O–H groups in total. The van der Waals surface area contributed by atoms with Gasteiger partial charge in [-0.05, 0) is 36.6 Å². The van der Waals surface area contributed by atoms with Crippen LogP contribution in [0.15, 0.2) is 66.1 Å². The minimum Gasteiger partial charge on any atom is -0.355 e. The van der Waals surface area contributed by atoms with E-state index in [1.807, 2.05) is 54.1 Å². The highest BCUT2D eigenvalue weighted by Gasteiger charge is 2.11. The summed E-state index contributed by atoms with van der Waals surface area (Å²) in [5.41, 5.74) is 3.18. The summed E-state index contributed by atoms with van der Waals surface area (Å²) in [5, 5.41) is 4.44. The van der Waals surface area contributed by atoms with Crippen molar-refractivity contribution < 1.29 is 4.79 Å². The number of imidazole rings is 1. The first kappa shape index (κ1) is 18.5. The van der Waals surface area contributed by atoms with Crippen LogP contribution >= 0.6 is 23.4 Å². The van der Waals surface area contributed by atoms with Crippen molar-refractivity contribution in [2.45, 2.75) is 18.5 Å². The number of carbonyl (C=O) groups is 1. The van der Waals surface area contributed by atoms with Gasteiger partial charge in [0, 0.05) is 24.0 Å². The van der Waals surface area contributed by atoms with Crippen LogP contribution in [0.5, 0.6) is 0 Å². The van der Waals surface area contributed by atoms with Crippen molar-refractivity contribution in [2.75, 3.05) is 12.3 Å². The normalized spacial score (nSPS) is 10.7. The van der Waals surface area contributed by atoms with E-state index in [2.05, 4.69) is 22.4 Å². The number of nitrogens with zero attached hydrogens (tertiary/aromatic N) is 2. The lowest BCUT2D eigenvalue weighted by Crippen LogP contribution is -2.27. The summed E-state index contributed by atoms with van der Waals surface area (Å²) in [6.45, 7) is 2.60. The molecule has 0 aliphatic carbocycles. The van der Waals surface area contributed by atoms with Crippen molar-refractivity contribution >= 4 is 29.3 Å². The molecule has 0 saturated heterocycles. The Balaban J connectivity index is 1.55. The molecule has 4 nitrogen and oxygen atoms in total. The zero-order valence-corrected chi connectivity index (χ0v) is 16.1. The summed E-state index contributed by atoms with van der Waals surface area (Å²) in [6.07, 6.45) is 4.44. The molecule has 2 aromatic carbocycles. The Morgan fingerprint density at radius 1 is 1.19 bits per heavy atom. The van der Waals surface area contributed by atoms with Gasteiger partial charge in [0.1, 0.15) is 0 Å². The quantitative estimate of drug-likeness (QED) is 0.617. The SMILES string of the molecule is Cc1c(Cl)cccc1-n1ccnc1SCC(=O)NCCc1ccccc1. The Bertz CT molecular complexity index is 880. The number of carbonyl (C=O) groups excluding carboxylic acids is 1. The molecule has 0 unspecified atom stereocenters. The summed E-state index contributed by atoms with van der Waals surface area (Å²) in [6, 6.07) is 15.9. The van der Waals surface area contributed by atoms with Gasteiger partial charge in [-0.1, -0.05) is 59.8 Å². The Labute approximate surface area is 162 Å². The Hall–Kier alpha value is -2.24. The summed E-state index contributed by atoms with van der Waals surface area (Å²) in [7, 11) is 0. The molecule has 134 valence electrons. The van der Waals surface area contributed by atoms with Crippen molar-refractivity contribution in [1.29, 1.82) is 0 Å². The molecule has 6 heteroatoms. The van der Waals surface area contributed by atoms with Gasteiger partial charge in [-0.25, -0.2) is 4.98 Å². The van der Waals surface area contributed by atoms with Crippen LogP contribution in [-0.2, 0) is 11.2 Å². The maximum Gasteiger partial charge on any atom is 0.230 e. The molecule has 3 aromatic rings. The number of hydrogen-bond acceptors (Lipinski definition) is 3. The van der Waals surface area contributed by atoms with Gasteiger partial charge < -0.3 is 5.32 Å². The Morgan fingerprint density at radius 3 is 2.81 bits per heavy atom. The first-order valence-electron chi connectivity index (χ1n) is 8.37. The monoisotopic (exact) mass is 385 g/mol. The molecular formula is C20H20ClN3OS. The molecule has 0 fully saturated rings. The number of benzene rings is 2. The molecule has 0 radical (unpaired) electrons. The topological polar surface area (TPSA) is 46.9 Å². The Kier molecular flexibility index (Phi) is 6.36. The van der Waals surface area contributed by atoms with Gasteiger partial charge in [-0.15, -0.1) is 0 Å². The van der Waals surface area contributed by atoms with E-state index < -0.39 is 0 Å². The van der Waals surface area contributed by atoms with Crippen LogP contribution in [-0.4, -0.2) is 27.8 Å². The molecule has 3 rings (SSSR count). The molecule has 26 heavy (non-hydrogen) atoms. The minimum atomic E-state index is 0.00305. The first-order valence-corrected chi connectivity index (χ1v) is 9.74. The summed E-state index contributed by atoms with van der Waals surface area (Å²) in [5.74, 6) is 0.328. The second-order valence-electron chi connectivity index (χ2n) is 5.84. The van der Waals surface area contributed by atoms with Crippen molar-refractivity contribution in [1.82, 2.24) is 14.9 Å². The van der Waals surface area contributed by atoms with Crippen LogP contribution in [0, 0.1) is 6.92 Å². The summed E-state index contributed by atoms with van der Waals surface area (Å²) in [4.78, 5) is 16.5. The van der Waals surface area contributed by atoms with E-state index in [-0.39, 0.29) is 5.91 Å². The highest BCUT2D eigenvalue weighted by molar-refractivity contribution is 7.99. The van der Waals surface area contributed by atoms with Gasteiger partial charge in [0.25, 0.3) is 0 Å². The van der Waals surface area contributed by atoms with Crippen LogP contribution in [0.4, 0.5) is 0 Å². The van der Waals surface area contributed by atoms with Crippen LogP contribution in [0.2, 0.25) is 5.02 Å². The third-order valence-corrected chi connectivity index (χ3v) is 5.39. The smallest absolute Gasteiger partial charge is 0.230 e. The largest absolute Gasteiger partial charge is 0.355 e. The predicted molar refractivity (Wildman–Crippen MR) is 107 cm³/mol. The maximum atomic E-state index is 12.1. The zero-order chi connectivity index (χ0) is 18.4. The number of halogens is 1. The number of hydrogen-bond donors (Lipinski definition) is 1. The van der Waals surface area contributed by atoms with E-state index in [1.54, 1.807) is 6.20 Å². The lowest BCUT2D eigenvalue weighted by atomic mass is 10.1. The standard InChI is InChI=1S/C20H20ClN3OS/c1-15-17(21)8-5-9-18(15)24-13-12-23-20(24)26-14-19(25)22-11-10-16-6-3-2-4-7-16/h2-9,12-13H,10-11,14H2,1H3,(H,22,25). The van der Waals surface area contributed by atoms with Gasteiger partial charge in [0.15, 0.2) is 5.16 Å². The summed E-state index contributed by atoms with van der Waals surface area (Å²) < 4.78 is 1.96. The molecule has 0 aliphatic rings. The number of nitrogens with one attached hydrogen (secondary N) is 1. The highest BCUT2D eigenvalue weighted by Crippen LogP contribution is 2.26. The molecule has 0 saturated carbocycles. The fourth-order valence-electron chi connectivity index (χ4n) is 2.61. The van der Waals surface area contributed by atoms with Gasteiger partial charge >= 0.3 is 0 Å². The van der Waals surface area contributed by atoms with Crippen molar-refractivity contribution in [2.24, 2.45) is 0 Å². The number of thioether (sulfide) groups is 1. The second kappa shape index (κ2) is 8.92. The molecule has 0 bridgehead atoms. The van der Waals surface area contributed by atoms with Crippen molar-refractivity contribution in [3.63, 3.8) is 0 Å². The number of amides is 1. The molecule has 0 aliphatic heterocycles. The van der Waals surface area contributed by atoms with Crippen molar-refractivity contribution in [3.05, 3.63) is 77.1 Å². The lowest BCUT2D eigenvalue weighted by molar-refractivity contribution is -0.118. The molecule has 1 amide bonds. The van der Waals surface area contributed by atoms with E-state index in [1.165, 1.54) is 17.3 Å². The first-order chi connectivity index (χ1) is 12.6. The minimum absolute atomic E-state index is 0.00305. The maximum absolute atomic E-state index is 12.1. The zero-order valence-electron chi connectivity index (χ0n) is 14.5. The summed E-state index contributed by atoms with van der Waals surface area (Å²) >= 11 is 7.63. The van der Waals surface area contributed by atoms with E-state index in [0.29, 0.717) is 17.3 Å². The third kappa shape index (κ3) is 4.68. The van der Waals surface area contributed by atoms with E-state index >= 15 is 0 Å². The fraction of sp³-hybridized carbons (Fsp3) is 0.200. The van der Waals surface area contributed by atoms with Gasteiger partial charge in [-0.2, -0.15) is 0 Å². The molecule has 1 aromatic heterocycles. The lowest BCUT2D eigenvalue weighted by Gasteiger charge is -2.11. The van der Waals surface area contributed by atoms with E-state index in [0.717, 1.165) is 22.8 Å². The number of aromatic nitrogens is 2. The average Bonchev–Trinajstić information content (AvgIpc) is 3.11. The fourth-order valence-corrected chi connectivity index (χ4v) is 3.57. The van der Waals surface area contributed by atoms with Crippen LogP contribution in [0.1, 0.15) is 11.1 Å². The van der Waals surface area contributed by atoms with Gasteiger partial charge in [0.2, 0.25) is 5.91 Å². The third-order valence-electron chi connectivity index (χ3n) is 4.02. The van der Waals surface area contributed by atoms with Crippen molar-refractivity contribution in [3.8, 4) is 5.69 Å². The molecular weight excluding hydrogens is 366 g/mol. The molecule has 0 atom stereocenters. The number of rotatable bonds is 7. The van der Waals surface area contributed by atoms with E-state index in [4.69, 9.17) is 11.6 Å². The molecule has 1 heterocycles. The predicted octanol–water partition coefficient (Wildman–Crippen LogP) is 4.29. The van der Waals surface area contributed by atoms with Crippen LogP contribution < -0.4 is 5.32 Å². The molecule has 0 spiro atoms. The van der Waals surface area contributed by atoms with Crippen LogP contribution in [0.3, 0.4) is 0 Å². The van der Waals surface area contributed by atoms with E-state index in [9.17, 15) is 4.79 Å². The second-order valence-corrected chi connectivity index (χ2v) is 7.19. The van der Waals surface area contributed by atoms with Gasteiger partial charge in [0.05, 0.1) is 11.4 Å². The highest BCUT2D eigenvalue weighted by atomic mass is 35.5. The van der Waals surface area contributed by atoms with Gasteiger partial charge in [-0.3, -0.25) is 9.36 Å².